The van der Waals surface area contributed by atoms with E-state index in [9.17, 15) is 4.79 Å². The zero-order valence-electron chi connectivity index (χ0n) is 8.15. The number of carboxylic acids is 1. The van der Waals surface area contributed by atoms with E-state index < -0.39 is 5.97 Å². The van der Waals surface area contributed by atoms with Gasteiger partial charge >= 0.3 is 5.97 Å². The summed E-state index contributed by atoms with van der Waals surface area (Å²) in [5.74, 6) is 2.42. The molecule has 80 valence electrons. The van der Waals surface area contributed by atoms with Gasteiger partial charge in [0.2, 0.25) is 0 Å². The predicted molar refractivity (Wildman–Crippen MR) is 55.5 cm³/mol. The highest BCUT2D eigenvalue weighted by Crippen LogP contribution is 2.37. The number of fused-ring (bicyclic) bond motifs is 1. The lowest BCUT2D eigenvalue weighted by atomic mass is 9.81. The molecule has 3 atom stereocenters. The van der Waals surface area contributed by atoms with Crippen LogP contribution in [0.5, 0.6) is 0 Å². The van der Waals surface area contributed by atoms with Crippen LogP contribution in [0.3, 0.4) is 0 Å². The van der Waals surface area contributed by atoms with Gasteiger partial charge in [0.15, 0.2) is 0 Å². The lowest BCUT2D eigenvalue weighted by molar-refractivity contribution is -0.140. The van der Waals surface area contributed by atoms with Crippen LogP contribution >= 0.6 is 11.8 Å². The Labute approximate surface area is 88.2 Å². The van der Waals surface area contributed by atoms with E-state index in [1.807, 2.05) is 11.8 Å². The van der Waals surface area contributed by atoms with Gasteiger partial charge in [-0.05, 0) is 36.2 Å². The smallest absolute Gasteiger partial charge is 0.303 e. The molecule has 0 aliphatic carbocycles. The summed E-state index contributed by atoms with van der Waals surface area (Å²) in [6.07, 6.45) is 2.69. The van der Waals surface area contributed by atoms with Crippen LogP contribution in [0.4, 0.5) is 0 Å². The number of carboxylic acid groups (broad SMARTS) is 1. The van der Waals surface area contributed by atoms with Gasteiger partial charge in [-0.25, -0.2) is 0 Å². The van der Waals surface area contributed by atoms with Crippen molar-refractivity contribution < 1.29 is 14.6 Å². The van der Waals surface area contributed by atoms with Gasteiger partial charge in [0.1, 0.15) is 0 Å². The molecule has 2 fully saturated rings. The Morgan fingerprint density at radius 2 is 2.36 bits per heavy atom. The van der Waals surface area contributed by atoms with E-state index in [1.54, 1.807) is 0 Å². The van der Waals surface area contributed by atoms with Crippen LogP contribution in [-0.2, 0) is 9.53 Å². The molecule has 1 N–H and O–H groups in total. The Hall–Kier alpha value is -0.220. The van der Waals surface area contributed by atoms with Crippen molar-refractivity contribution in [1.29, 1.82) is 0 Å². The topological polar surface area (TPSA) is 46.5 Å². The molecular formula is C10H16O3S. The van der Waals surface area contributed by atoms with Crippen molar-refractivity contribution in [2.45, 2.75) is 25.4 Å². The van der Waals surface area contributed by atoms with Gasteiger partial charge < -0.3 is 9.84 Å². The number of carbonyl (C=O) groups is 1. The minimum absolute atomic E-state index is 0.324. The molecule has 2 saturated heterocycles. The van der Waals surface area contributed by atoms with Crippen molar-refractivity contribution in [1.82, 2.24) is 0 Å². The van der Waals surface area contributed by atoms with Gasteiger partial charge in [-0.1, -0.05) is 0 Å². The van der Waals surface area contributed by atoms with Gasteiger partial charge in [0.05, 0.1) is 6.10 Å². The minimum atomic E-state index is -0.661. The minimum Gasteiger partial charge on any atom is -0.481 e. The van der Waals surface area contributed by atoms with E-state index in [4.69, 9.17) is 9.84 Å². The molecule has 4 heteroatoms. The van der Waals surface area contributed by atoms with Crippen LogP contribution in [0, 0.1) is 11.8 Å². The summed E-state index contributed by atoms with van der Waals surface area (Å²) < 4.78 is 5.69. The predicted octanol–water partition coefficient (Wildman–Crippen LogP) is 1.62. The molecule has 2 aliphatic rings. The molecule has 2 rings (SSSR count). The lowest BCUT2D eigenvalue weighted by Crippen LogP contribution is -2.41. The van der Waals surface area contributed by atoms with Crippen LogP contribution in [-0.4, -0.2) is 35.3 Å². The van der Waals surface area contributed by atoms with Crippen molar-refractivity contribution in [2.75, 3.05) is 18.1 Å². The van der Waals surface area contributed by atoms with Crippen LogP contribution in [0.2, 0.25) is 0 Å². The maximum atomic E-state index is 10.7. The van der Waals surface area contributed by atoms with Crippen LogP contribution in [0.25, 0.3) is 0 Å². The van der Waals surface area contributed by atoms with E-state index in [-0.39, 0.29) is 0 Å². The van der Waals surface area contributed by atoms with Crippen molar-refractivity contribution in [2.24, 2.45) is 11.8 Å². The summed E-state index contributed by atoms with van der Waals surface area (Å²) >= 11 is 1.94. The molecule has 0 amide bonds. The summed E-state index contributed by atoms with van der Waals surface area (Å²) in [6.45, 7) is 0.754. The van der Waals surface area contributed by atoms with E-state index >= 15 is 0 Å². The summed E-state index contributed by atoms with van der Waals surface area (Å²) in [5, 5.41) is 8.81. The zero-order chi connectivity index (χ0) is 9.97. The second kappa shape index (κ2) is 4.53. The molecule has 2 aliphatic heterocycles. The largest absolute Gasteiger partial charge is 0.481 e. The monoisotopic (exact) mass is 216 g/mol. The first-order valence-electron chi connectivity index (χ1n) is 5.18. The highest BCUT2D eigenvalue weighted by Gasteiger charge is 2.36. The maximum absolute atomic E-state index is 10.7. The van der Waals surface area contributed by atoms with Gasteiger partial charge in [-0.15, -0.1) is 0 Å². The van der Waals surface area contributed by atoms with E-state index in [2.05, 4.69) is 0 Å². The standard InChI is InChI=1S/C10H16O3S/c11-10(12)5-7-1-3-13-9-2-4-14-6-8(7)9/h7-9H,1-6H2,(H,11,12). The van der Waals surface area contributed by atoms with E-state index in [1.165, 1.54) is 5.75 Å². The number of hydrogen-bond acceptors (Lipinski definition) is 3. The lowest BCUT2D eigenvalue weighted by Gasteiger charge is -2.40. The number of aliphatic carboxylic acids is 1. The summed E-state index contributed by atoms with van der Waals surface area (Å²) in [7, 11) is 0. The Morgan fingerprint density at radius 1 is 1.50 bits per heavy atom. The third-order valence-corrected chi connectivity index (χ3v) is 4.34. The number of ether oxygens (including phenoxy) is 1. The van der Waals surface area contributed by atoms with Gasteiger partial charge in [-0.3, -0.25) is 4.79 Å². The van der Waals surface area contributed by atoms with Gasteiger partial charge in [-0.2, -0.15) is 11.8 Å². The molecule has 0 aromatic carbocycles. The Balaban J connectivity index is 1.97. The molecule has 0 aromatic rings. The molecule has 0 bridgehead atoms. The highest BCUT2D eigenvalue weighted by atomic mass is 32.2. The zero-order valence-corrected chi connectivity index (χ0v) is 8.96. The molecule has 3 unspecified atom stereocenters. The Bertz CT molecular complexity index is 217. The van der Waals surface area contributed by atoms with E-state index in [0.29, 0.717) is 24.4 Å². The third-order valence-electron chi connectivity index (χ3n) is 3.20. The van der Waals surface area contributed by atoms with Crippen LogP contribution in [0.1, 0.15) is 19.3 Å². The molecule has 0 spiro atoms. The van der Waals surface area contributed by atoms with Gasteiger partial charge in [0.25, 0.3) is 0 Å². The SMILES string of the molecule is O=C(O)CC1CCOC2CCSCC12. The first-order chi connectivity index (χ1) is 6.77. The molecular weight excluding hydrogens is 200 g/mol. The van der Waals surface area contributed by atoms with Crippen LogP contribution < -0.4 is 0 Å². The van der Waals surface area contributed by atoms with Crippen molar-refractivity contribution >= 4 is 17.7 Å². The summed E-state index contributed by atoms with van der Waals surface area (Å²) in [6, 6.07) is 0. The fourth-order valence-electron chi connectivity index (χ4n) is 2.45. The fraction of sp³-hybridized carbons (Fsp3) is 0.900. The van der Waals surface area contributed by atoms with E-state index in [0.717, 1.165) is 25.2 Å². The number of rotatable bonds is 2. The first kappa shape index (κ1) is 10.3. The molecule has 3 nitrogen and oxygen atoms in total. The molecule has 0 saturated carbocycles. The quantitative estimate of drug-likeness (QED) is 0.762. The first-order valence-corrected chi connectivity index (χ1v) is 6.34. The average Bonchev–Trinajstić information content (AvgIpc) is 2.18. The number of thioether (sulfide) groups is 1. The molecule has 0 radical (unpaired) electrons. The molecule has 2 heterocycles. The average molecular weight is 216 g/mol. The second-order valence-corrected chi connectivity index (χ2v) is 5.23. The van der Waals surface area contributed by atoms with Crippen molar-refractivity contribution in [3.8, 4) is 0 Å². The second-order valence-electron chi connectivity index (χ2n) is 4.08. The number of hydrogen-bond donors (Lipinski definition) is 1. The Kier molecular flexibility index (Phi) is 3.34. The van der Waals surface area contributed by atoms with Crippen molar-refractivity contribution in [3.63, 3.8) is 0 Å². The normalized spacial score (nSPS) is 37.6. The van der Waals surface area contributed by atoms with Crippen molar-refractivity contribution in [3.05, 3.63) is 0 Å². The summed E-state index contributed by atoms with van der Waals surface area (Å²) in [4.78, 5) is 10.7. The summed E-state index contributed by atoms with van der Waals surface area (Å²) in [5.41, 5.74) is 0. The van der Waals surface area contributed by atoms with Crippen LogP contribution in [0.15, 0.2) is 0 Å². The molecule has 14 heavy (non-hydrogen) atoms. The highest BCUT2D eigenvalue weighted by molar-refractivity contribution is 7.99. The fourth-order valence-corrected chi connectivity index (χ4v) is 3.77. The van der Waals surface area contributed by atoms with Gasteiger partial charge in [0, 0.05) is 13.0 Å². The third kappa shape index (κ3) is 2.23. The maximum Gasteiger partial charge on any atom is 0.303 e. The Morgan fingerprint density at radius 3 is 3.14 bits per heavy atom. The molecule has 0 aromatic heterocycles.